The molecular weight excluding hydrogens is 477 g/mol. The highest BCUT2D eigenvalue weighted by Crippen LogP contribution is 2.09. The van der Waals surface area contributed by atoms with E-state index in [1.807, 2.05) is 42.3 Å². The molecule has 0 amide bonds. The van der Waals surface area contributed by atoms with E-state index in [0.717, 1.165) is 5.75 Å². The summed E-state index contributed by atoms with van der Waals surface area (Å²) in [5.74, 6) is 1.45. The number of aliphatic imine (C=N–C) groups is 1. The molecule has 6 nitrogen and oxygen atoms in total. The summed E-state index contributed by atoms with van der Waals surface area (Å²) >= 11 is 0. The summed E-state index contributed by atoms with van der Waals surface area (Å²) in [6.45, 7) is 1.41. The maximum Gasteiger partial charge on any atom is 0.193 e. The van der Waals surface area contributed by atoms with Gasteiger partial charge in [-0.25, -0.2) is 8.42 Å². The number of nitrogens with zero attached hydrogens (tertiary/aromatic N) is 2. The minimum atomic E-state index is -3.30. The van der Waals surface area contributed by atoms with Gasteiger partial charge in [0.25, 0.3) is 0 Å². The van der Waals surface area contributed by atoms with Gasteiger partial charge in [-0.2, -0.15) is 0 Å². The van der Waals surface area contributed by atoms with Crippen molar-refractivity contribution in [2.24, 2.45) is 4.99 Å². The van der Waals surface area contributed by atoms with Gasteiger partial charge in [0.15, 0.2) is 15.8 Å². The smallest absolute Gasteiger partial charge is 0.193 e. The van der Waals surface area contributed by atoms with Crippen LogP contribution in [-0.4, -0.2) is 58.8 Å². The van der Waals surface area contributed by atoms with Crippen molar-refractivity contribution in [3.05, 3.63) is 60.7 Å². The minimum absolute atomic E-state index is 0. The molecule has 2 rings (SSSR count). The normalized spacial score (nSPS) is 11.4. The lowest BCUT2D eigenvalue weighted by atomic mass is 10.3. The molecule has 1 N–H and O–H groups in total. The maximum atomic E-state index is 12.3. The fourth-order valence-corrected chi connectivity index (χ4v) is 3.53. The van der Waals surface area contributed by atoms with Crippen molar-refractivity contribution in [2.45, 2.75) is 4.90 Å². The van der Waals surface area contributed by atoms with Crippen LogP contribution in [0.3, 0.4) is 0 Å². The SMILES string of the molecule is CN=C(NCCS(=O)(=O)c1ccccc1)N(C)CCOc1ccccc1.I. The molecule has 0 saturated heterocycles. The molecular formula is C19H26IN3O3S. The molecule has 0 spiro atoms. The summed E-state index contributed by atoms with van der Waals surface area (Å²) in [5, 5.41) is 3.08. The van der Waals surface area contributed by atoms with Crippen molar-refractivity contribution < 1.29 is 13.2 Å². The molecule has 0 aliphatic carbocycles. The van der Waals surface area contributed by atoms with Gasteiger partial charge in [0.05, 0.1) is 17.2 Å². The van der Waals surface area contributed by atoms with Gasteiger partial charge >= 0.3 is 0 Å². The zero-order valence-corrected chi connectivity index (χ0v) is 18.7. The number of nitrogens with one attached hydrogen (secondary N) is 1. The molecule has 0 aliphatic rings. The molecule has 148 valence electrons. The van der Waals surface area contributed by atoms with Gasteiger partial charge in [-0.3, -0.25) is 4.99 Å². The zero-order chi connectivity index (χ0) is 18.8. The van der Waals surface area contributed by atoms with Gasteiger partial charge in [0, 0.05) is 20.6 Å². The summed E-state index contributed by atoms with van der Waals surface area (Å²) in [6, 6.07) is 18.1. The summed E-state index contributed by atoms with van der Waals surface area (Å²) < 4.78 is 30.2. The second-order valence-corrected chi connectivity index (χ2v) is 7.80. The molecule has 8 heteroatoms. The van der Waals surface area contributed by atoms with Crippen LogP contribution in [0.2, 0.25) is 0 Å². The first-order valence-corrected chi connectivity index (χ1v) is 10.1. The molecule has 0 bridgehead atoms. The summed E-state index contributed by atoms with van der Waals surface area (Å²) in [7, 11) is 0.250. The Hall–Kier alpha value is -1.81. The van der Waals surface area contributed by atoms with Crippen molar-refractivity contribution >= 4 is 39.8 Å². The van der Waals surface area contributed by atoms with E-state index in [4.69, 9.17) is 4.74 Å². The van der Waals surface area contributed by atoms with Gasteiger partial charge in [-0.15, -0.1) is 24.0 Å². The molecule has 0 unspecified atom stereocenters. The predicted molar refractivity (Wildman–Crippen MR) is 120 cm³/mol. The van der Waals surface area contributed by atoms with Gasteiger partial charge in [-0.1, -0.05) is 36.4 Å². The fourth-order valence-electron chi connectivity index (χ4n) is 2.35. The number of guanidine groups is 1. The largest absolute Gasteiger partial charge is 0.492 e. The van der Waals surface area contributed by atoms with Crippen LogP contribution in [0.5, 0.6) is 5.75 Å². The number of halogens is 1. The van der Waals surface area contributed by atoms with E-state index >= 15 is 0 Å². The quantitative estimate of drug-likeness (QED) is 0.341. The third kappa shape index (κ3) is 7.76. The first-order chi connectivity index (χ1) is 12.5. The van der Waals surface area contributed by atoms with E-state index in [1.54, 1.807) is 37.4 Å². The summed E-state index contributed by atoms with van der Waals surface area (Å²) in [4.78, 5) is 6.42. The van der Waals surface area contributed by atoms with Crippen LogP contribution in [0, 0.1) is 0 Å². The number of hydrogen-bond donors (Lipinski definition) is 1. The Balaban J connectivity index is 0.00000364. The second kappa shape index (κ2) is 11.8. The molecule has 27 heavy (non-hydrogen) atoms. The van der Waals surface area contributed by atoms with E-state index in [0.29, 0.717) is 24.0 Å². The lowest BCUT2D eigenvalue weighted by Gasteiger charge is -2.22. The van der Waals surface area contributed by atoms with Gasteiger partial charge in [0.1, 0.15) is 12.4 Å². The number of sulfone groups is 1. The van der Waals surface area contributed by atoms with E-state index in [2.05, 4.69) is 10.3 Å². The minimum Gasteiger partial charge on any atom is -0.492 e. The van der Waals surface area contributed by atoms with Crippen LogP contribution in [-0.2, 0) is 9.84 Å². The monoisotopic (exact) mass is 503 g/mol. The molecule has 0 saturated carbocycles. The number of rotatable bonds is 8. The van der Waals surface area contributed by atoms with Gasteiger partial charge in [0.2, 0.25) is 0 Å². The van der Waals surface area contributed by atoms with Crippen molar-refractivity contribution in [2.75, 3.05) is 39.5 Å². The van der Waals surface area contributed by atoms with Crippen molar-refractivity contribution in [3.8, 4) is 5.75 Å². The highest BCUT2D eigenvalue weighted by Gasteiger charge is 2.14. The maximum absolute atomic E-state index is 12.3. The van der Waals surface area contributed by atoms with E-state index < -0.39 is 9.84 Å². The first kappa shape index (κ1) is 23.2. The van der Waals surface area contributed by atoms with E-state index in [9.17, 15) is 8.42 Å². The predicted octanol–water partition coefficient (Wildman–Crippen LogP) is 2.66. The van der Waals surface area contributed by atoms with Crippen LogP contribution in [0.1, 0.15) is 0 Å². The van der Waals surface area contributed by atoms with E-state index in [-0.39, 0.29) is 36.3 Å². The average Bonchev–Trinajstić information content (AvgIpc) is 2.66. The van der Waals surface area contributed by atoms with E-state index in [1.165, 1.54) is 0 Å². The Morgan fingerprint density at radius 3 is 2.26 bits per heavy atom. The average molecular weight is 503 g/mol. The first-order valence-electron chi connectivity index (χ1n) is 8.40. The Morgan fingerprint density at radius 2 is 1.67 bits per heavy atom. The Morgan fingerprint density at radius 1 is 1.07 bits per heavy atom. The number of hydrogen-bond acceptors (Lipinski definition) is 4. The topological polar surface area (TPSA) is 71.0 Å². The van der Waals surface area contributed by atoms with Gasteiger partial charge < -0.3 is 15.0 Å². The third-order valence-corrected chi connectivity index (χ3v) is 5.50. The third-order valence-electron chi connectivity index (χ3n) is 3.77. The fraction of sp³-hybridized carbons (Fsp3) is 0.316. The standard InChI is InChI=1S/C19H25N3O3S.HI/c1-20-19(22(2)14-15-25-17-9-5-3-6-10-17)21-13-16-26(23,24)18-11-7-4-8-12-18;/h3-12H,13-16H2,1-2H3,(H,20,21);1H. The summed E-state index contributed by atoms with van der Waals surface area (Å²) in [6.07, 6.45) is 0. The lowest BCUT2D eigenvalue weighted by Crippen LogP contribution is -2.42. The van der Waals surface area contributed by atoms with Crippen LogP contribution < -0.4 is 10.1 Å². The van der Waals surface area contributed by atoms with Crippen LogP contribution in [0.4, 0.5) is 0 Å². The summed E-state index contributed by atoms with van der Waals surface area (Å²) in [5.41, 5.74) is 0. The Kier molecular flexibility index (Phi) is 10.2. The molecule has 2 aromatic rings. The number of ether oxygens (including phenoxy) is 1. The highest BCUT2D eigenvalue weighted by molar-refractivity contribution is 14.0. The highest BCUT2D eigenvalue weighted by atomic mass is 127. The van der Waals surface area contributed by atoms with Gasteiger partial charge in [-0.05, 0) is 24.3 Å². The number of likely N-dealkylation sites (N-methyl/N-ethyl adjacent to an activating group) is 1. The Labute approximate surface area is 178 Å². The van der Waals surface area contributed by atoms with Crippen LogP contribution in [0.15, 0.2) is 70.6 Å². The van der Waals surface area contributed by atoms with Crippen molar-refractivity contribution in [3.63, 3.8) is 0 Å². The molecule has 0 aromatic heterocycles. The lowest BCUT2D eigenvalue weighted by molar-refractivity contribution is 0.281. The molecule has 0 atom stereocenters. The van der Waals surface area contributed by atoms with Crippen molar-refractivity contribution in [1.29, 1.82) is 0 Å². The molecule has 0 radical (unpaired) electrons. The Bertz CT molecular complexity index is 799. The number of para-hydroxylation sites is 1. The molecule has 0 heterocycles. The second-order valence-electron chi connectivity index (χ2n) is 5.69. The molecule has 2 aromatic carbocycles. The van der Waals surface area contributed by atoms with Crippen molar-refractivity contribution in [1.82, 2.24) is 10.2 Å². The zero-order valence-electron chi connectivity index (χ0n) is 15.5. The van der Waals surface area contributed by atoms with Crippen LogP contribution >= 0.6 is 24.0 Å². The molecule has 0 fully saturated rings. The molecule has 0 aliphatic heterocycles. The van der Waals surface area contributed by atoms with Crippen LogP contribution in [0.25, 0.3) is 0 Å². The number of benzene rings is 2.